The molecule has 51 heavy (non-hydrogen) atoms. The van der Waals surface area contributed by atoms with Gasteiger partial charge in [0.05, 0.1) is 0 Å². The van der Waals surface area contributed by atoms with E-state index >= 15 is 0 Å². The first-order valence-corrected chi connectivity index (χ1v) is 16.9. The van der Waals surface area contributed by atoms with Crippen molar-refractivity contribution in [2.24, 2.45) is 5.73 Å². The van der Waals surface area contributed by atoms with Gasteiger partial charge in [0.1, 0.15) is 19.3 Å². The van der Waals surface area contributed by atoms with Crippen molar-refractivity contribution in [1.82, 2.24) is 9.63 Å². The van der Waals surface area contributed by atoms with Crippen LogP contribution in [0, 0.1) is 0 Å². The van der Waals surface area contributed by atoms with Crippen LogP contribution in [0.3, 0.4) is 0 Å². The van der Waals surface area contributed by atoms with Gasteiger partial charge in [-0.25, -0.2) is 14.4 Å². The summed E-state index contributed by atoms with van der Waals surface area (Å²) in [5, 5.41) is 20.4. The number of nitrogens with zero attached hydrogens (tertiary/aromatic N) is 2. The minimum Gasteiger partial charge on any atom is -0.492 e. The fraction of sp³-hybridized carbons (Fsp3) is 0.225. The van der Waals surface area contributed by atoms with E-state index < -0.39 is 36.0 Å². The molecule has 11 heteroatoms. The lowest BCUT2D eigenvalue weighted by molar-refractivity contribution is -0.151. The number of ether oxygens (including phenoxy) is 2. The maximum Gasteiger partial charge on any atom is 0.420 e. The summed E-state index contributed by atoms with van der Waals surface area (Å²) in [5.41, 5.74) is 13.7. The number of benzene rings is 4. The molecule has 1 heterocycles. The molecule has 4 aromatic carbocycles. The largest absolute Gasteiger partial charge is 0.492 e. The number of aromatic hydroxyl groups is 2. The van der Waals surface area contributed by atoms with Gasteiger partial charge in [0, 0.05) is 24.0 Å². The zero-order valence-corrected chi connectivity index (χ0v) is 27.7. The fourth-order valence-electron chi connectivity index (χ4n) is 7.14. The molecular formula is C40H37N3O8. The number of amides is 2. The lowest BCUT2D eigenvalue weighted by Gasteiger charge is -2.28. The van der Waals surface area contributed by atoms with Gasteiger partial charge in [0.2, 0.25) is 11.8 Å². The zero-order valence-electron chi connectivity index (χ0n) is 27.7. The molecule has 2 amide bonds. The van der Waals surface area contributed by atoms with Crippen LogP contribution in [-0.4, -0.2) is 63.8 Å². The number of hydrogen-bond acceptors (Lipinski definition) is 9. The molecule has 0 bridgehead atoms. The van der Waals surface area contributed by atoms with Crippen molar-refractivity contribution >= 4 is 18.2 Å². The average molecular weight is 688 g/mol. The van der Waals surface area contributed by atoms with E-state index in [1.807, 2.05) is 97.1 Å². The quantitative estimate of drug-likeness (QED) is 0.131. The number of rotatable bonds is 11. The van der Waals surface area contributed by atoms with E-state index in [4.69, 9.17) is 20.0 Å². The Balaban J connectivity index is 1.18. The highest BCUT2D eigenvalue weighted by molar-refractivity contribution is 5.94. The fourth-order valence-corrected chi connectivity index (χ4v) is 7.14. The normalized spacial score (nSPS) is 13.4. The Kier molecular flexibility index (Phi) is 9.45. The molecule has 0 saturated heterocycles. The van der Waals surface area contributed by atoms with Gasteiger partial charge in [-0.3, -0.25) is 0 Å². The Bertz CT molecular complexity index is 1870. The minimum absolute atomic E-state index is 0.0484. The molecule has 260 valence electrons. The zero-order chi connectivity index (χ0) is 35.5. The van der Waals surface area contributed by atoms with Gasteiger partial charge in [-0.05, 0) is 70.3 Å². The number of aromatic nitrogens is 1. The van der Waals surface area contributed by atoms with Crippen LogP contribution in [0.25, 0.3) is 22.3 Å². The number of carbonyl (C=O) groups is 3. The van der Waals surface area contributed by atoms with Gasteiger partial charge in [-0.1, -0.05) is 97.1 Å². The molecule has 0 aliphatic heterocycles. The van der Waals surface area contributed by atoms with E-state index in [-0.39, 0.29) is 31.5 Å². The van der Waals surface area contributed by atoms with Crippen molar-refractivity contribution in [3.05, 3.63) is 131 Å². The van der Waals surface area contributed by atoms with E-state index in [2.05, 4.69) is 0 Å². The molecule has 0 unspecified atom stereocenters. The first-order chi connectivity index (χ1) is 24.9. The van der Waals surface area contributed by atoms with Crippen molar-refractivity contribution in [2.45, 2.75) is 37.1 Å². The first kappa shape index (κ1) is 33.4. The molecule has 0 fully saturated rings. The number of imide groups is 1. The molecule has 7 rings (SSSR count). The second-order valence-electron chi connectivity index (χ2n) is 12.5. The Morgan fingerprint density at radius 1 is 0.627 bits per heavy atom. The van der Waals surface area contributed by atoms with E-state index in [1.54, 1.807) is 0 Å². The molecule has 0 radical (unpaired) electrons. The van der Waals surface area contributed by atoms with Crippen molar-refractivity contribution in [2.75, 3.05) is 19.8 Å². The maximum absolute atomic E-state index is 14.1. The standard InChI is InChI=1S/C40H37N3O8/c41-22-10-9-19-35(38(46)51-43-36(44)20-21-37(43)45)42(39(47)49-23-33-29-15-5-1-11-25(29)26-12-2-6-16-30(26)33)40(48)50-24-34-31-17-7-3-13-27(31)28-14-4-8-18-32(28)34/h1-8,11-18,20-21,33-35,44-45H,9-10,19,22-24,41H2/t35-/m0/s1. The highest BCUT2D eigenvalue weighted by Crippen LogP contribution is 2.46. The van der Waals surface area contributed by atoms with Crippen LogP contribution in [0.15, 0.2) is 109 Å². The van der Waals surface area contributed by atoms with E-state index in [1.165, 1.54) is 0 Å². The summed E-state index contributed by atoms with van der Waals surface area (Å²) >= 11 is 0. The topological polar surface area (TPSA) is 154 Å². The maximum atomic E-state index is 14.1. The molecule has 1 atom stereocenters. The van der Waals surface area contributed by atoms with Gasteiger partial charge in [0.25, 0.3) is 0 Å². The van der Waals surface area contributed by atoms with Gasteiger partial charge in [-0.2, -0.15) is 4.90 Å². The molecule has 5 aromatic rings. The van der Waals surface area contributed by atoms with Gasteiger partial charge >= 0.3 is 18.2 Å². The van der Waals surface area contributed by atoms with Gasteiger partial charge < -0.3 is 30.3 Å². The second kappa shape index (κ2) is 14.4. The van der Waals surface area contributed by atoms with Crippen molar-refractivity contribution in [1.29, 1.82) is 0 Å². The number of nitrogens with two attached hydrogens (primary N) is 1. The molecule has 0 spiro atoms. The third kappa shape index (κ3) is 6.39. The van der Waals surface area contributed by atoms with Crippen LogP contribution in [0.1, 0.15) is 53.4 Å². The third-order valence-corrected chi connectivity index (χ3v) is 9.56. The van der Waals surface area contributed by atoms with Crippen LogP contribution < -0.4 is 10.6 Å². The predicted octanol–water partition coefficient (Wildman–Crippen LogP) is 6.55. The average Bonchev–Trinajstić information content (AvgIpc) is 3.77. The third-order valence-electron chi connectivity index (χ3n) is 9.56. The van der Waals surface area contributed by atoms with E-state index in [0.717, 1.165) is 56.6 Å². The number of unbranched alkanes of at least 4 members (excludes halogenated alkanes) is 1. The Morgan fingerprint density at radius 2 is 1.02 bits per heavy atom. The number of hydrogen-bond donors (Lipinski definition) is 3. The highest BCUT2D eigenvalue weighted by Gasteiger charge is 2.41. The smallest absolute Gasteiger partial charge is 0.420 e. The lowest BCUT2D eigenvalue weighted by Crippen LogP contribution is -2.51. The van der Waals surface area contributed by atoms with Crippen molar-refractivity contribution in [3.63, 3.8) is 0 Å². The molecule has 2 aliphatic carbocycles. The monoisotopic (exact) mass is 687 g/mol. The van der Waals surface area contributed by atoms with Gasteiger partial charge in [0.15, 0.2) is 0 Å². The van der Waals surface area contributed by atoms with E-state index in [0.29, 0.717) is 29.0 Å². The molecule has 2 aliphatic rings. The highest BCUT2D eigenvalue weighted by atomic mass is 16.7. The molecule has 4 N–H and O–H groups in total. The Labute approximate surface area is 294 Å². The van der Waals surface area contributed by atoms with Gasteiger partial charge in [-0.15, -0.1) is 4.73 Å². The first-order valence-electron chi connectivity index (χ1n) is 16.9. The molecule has 11 nitrogen and oxygen atoms in total. The summed E-state index contributed by atoms with van der Waals surface area (Å²) in [6.07, 6.45) is -1.45. The Hall–Kier alpha value is -6.07. The van der Waals surface area contributed by atoms with Crippen molar-refractivity contribution in [3.8, 4) is 34.0 Å². The van der Waals surface area contributed by atoms with Crippen LogP contribution in [0.4, 0.5) is 9.59 Å². The number of carbonyl (C=O) groups excluding carboxylic acids is 3. The summed E-state index contributed by atoms with van der Waals surface area (Å²) < 4.78 is 12.3. The molecule has 0 saturated carbocycles. The lowest BCUT2D eigenvalue weighted by atomic mass is 9.98. The summed E-state index contributed by atoms with van der Waals surface area (Å²) in [4.78, 5) is 48.0. The molecular weight excluding hydrogens is 650 g/mol. The van der Waals surface area contributed by atoms with Crippen molar-refractivity contribution < 1.29 is 38.9 Å². The Morgan fingerprint density at radius 3 is 1.41 bits per heavy atom. The van der Waals surface area contributed by atoms with Crippen LogP contribution in [-0.2, 0) is 14.3 Å². The van der Waals surface area contributed by atoms with Crippen LogP contribution >= 0.6 is 0 Å². The minimum atomic E-state index is -1.55. The second-order valence-corrected chi connectivity index (χ2v) is 12.5. The summed E-state index contributed by atoms with van der Waals surface area (Å²) in [7, 11) is 0. The predicted molar refractivity (Wildman–Crippen MR) is 188 cm³/mol. The van der Waals surface area contributed by atoms with Crippen LogP contribution in [0.5, 0.6) is 11.8 Å². The number of fused-ring (bicyclic) bond motifs is 6. The summed E-state index contributed by atoms with van der Waals surface area (Å²) in [6.45, 7) is 0.0599. The summed E-state index contributed by atoms with van der Waals surface area (Å²) in [5.74, 6) is -2.86. The summed E-state index contributed by atoms with van der Waals surface area (Å²) in [6, 6.07) is 32.1. The van der Waals surface area contributed by atoms with E-state index in [9.17, 15) is 24.6 Å². The molecule has 1 aromatic heterocycles. The SMILES string of the molecule is NCCCC[C@@H](C(=O)On1c(O)ccc1O)N(C(=O)OCC1c2ccccc2-c2ccccc21)C(=O)OCC1c2ccccc2-c2ccccc21. The van der Waals surface area contributed by atoms with Crippen LogP contribution in [0.2, 0.25) is 0 Å².